The largest absolute Gasteiger partial charge is 0.493 e. The highest BCUT2D eigenvalue weighted by atomic mass is 32.2. The number of thiocarbonyl (C=S) groups is 1. The molecule has 1 amide bonds. The normalized spacial score (nSPS) is 14.5. The summed E-state index contributed by atoms with van der Waals surface area (Å²) in [5.41, 5.74) is 4.45. The molecule has 0 bridgehead atoms. The third kappa shape index (κ3) is 6.71. The van der Waals surface area contributed by atoms with E-state index >= 15 is 0 Å². The molecule has 1 N–H and O–H groups in total. The molecule has 0 atom stereocenters. The van der Waals surface area contributed by atoms with Gasteiger partial charge in [-0.15, -0.1) is 0 Å². The van der Waals surface area contributed by atoms with Crippen molar-refractivity contribution in [3.05, 3.63) is 70.8 Å². The van der Waals surface area contributed by atoms with Gasteiger partial charge in [-0.05, 0) is 68.2 Å². The van der Waals surface area contributed by atoms with E-state index in [1.165, 1.54) is 11.8 Å². The number of thioether (sulfide) groups is 1. The van der Waals surface area contributed by atoms with Crippen LogP contribution >= 0.6 is 24.0 Å². The van der Waals surface area contributed by atoms with Crippen LogP contribution < -0.4 is 4.74 Å². The molecule has 0 radical (unpaired) electrons. The second kappa shape index (κ2) is 12.9. The number of rotatable bonds is 12. The highest BCUT2D eigenvalue weighted by Gasteiger charge is 2.32. The van der Waals surface area contributed by atoms with Gasteiger partial charge in [-0.2, -0.15) is 5.10 Å². The van der Waals surface area contributed by atoms with E-state index in [-0.39, 0.29) is 12.3 Å². The minimum atomic E-state index is -0.802. The van der Waals surface area contributed by atoms with Crippen LogP contribution in [-0.4, -0.2) is 49.1 Å². The Morgan fingerprint density at radius 2 is 1.95 bits per heavy atom. The molecule has 2 heterocycles. The average Bonchev–Trinajstić information content (AvgIpc) is 3.44. The molecule has 2 aromatic carbocycles. The molecule has 0 aliphatic carbocycles. The fraction of sp³-hybridized carbons (Fsp3) is 0.310. The van der Waals surface area contributed by atoms with Crippen molar-refractivity contribution in [3.63, 3.8) is 0 Å². The third-order valence-electron chi connectivity index (χ3n) is 6.11. The summed E-state index contributed by atoms with van der Waals surface area (Å²) in [6, 6.07) is 15.9. The van der Waals surface area contributed by atoms with Crippen molar-refractivity contribution in [2.45, 2.75) is 46.0 Å². The molecule has 3 aromatic rings. The number of para-hydroxylation sites is 1. The molecule has 0 saturated carbocycles. The maximum absolute atomic E-state index is 13.2. The average molecular weight is 550 g/mol. The minimum Gasteiger partial charge on any atom is -0.493 e. The van der Waals surface area contributed by atoms with E-state index < -0.39 is 5.97 Å². The van der Waals surface area contributed by atoms with E-state index in [4.69, 9.17) is 27.2 Å². The lowest BCUT2D eigenvalue weighted by atomic mass is 10.0. The highest BCUT2D eigenvalue weighted by Crippen LogP contribution is 2.36. The zero-order valence-electron chi connectivity index (χ0n) is 21.6. The number of ether oxygens (including phenoxy) is 1. The molecule has 1 fully saturated rings. The van der Waals surface area contributed by atoms with Gasteiger partial charge in [0, 0.05) is 30.3 Å². The summed E-state index contributed by atoms with van der Waals surface area (Å²) >= 11 is 6.79. The van der Waals surface area contributed by atoms with Crippen molar-refractivity contribution < 1.29 is 19.4 Å². The predicted molar refractivity (Wildman–Crippen MR) is 156 cm³/mol. The summed E-state index contributed by atoms with van der Waals surface area (Å²) in [5, 5.41) is 13.7. The van der Waals surface area contributed by atoms with Gasteiger partial charge in [-0.25, -0.2) is 4.68 Å². The van der Waals surface area contributed by atoms with Crippen LogP contribution in [0.25, 0.3) is 23.0 Å². The summed E-state index contributed by atoms with van der Waals surface area (Å²) in [6.07, 6.45) is 6.89. The van der Waals surface area contributed by atoms with Gasteiger partial charge in [0.15, 0.2) is 0 Å². The molecular weight excluding hydrogens is 518 g/mol. The van der Waals surface area contributed by atoms with Crippen molar-refractivity contribution in [3.8, 4) is 22.7 Å². The molecule has 1 aliphatic rings. The quantitative estimate of drug-likeness (QED) is 0.157. The molecule has 198 valence electrons. The van der Waals surface area contributed by atoms with Gasteiger partial charge >= 0.3 is 5.97 Å². The topological polar surface area (TPSA) is 84.7 Å². The van der Waals surface area contributed by atoms with Crippen LogP contribution in [0.2, 0.25) is 0 Å². The van der Waals surface area contributed by atoms with E-state index in [0.717, 1.165) is 46.7 Å². The lowest BCUT2D eigenvalue weighted by molar-refractivity contribution is -0.137. The molecule has 9 heteroatoms. The Morgan fingerprint density at radius 1 is 1.16 bits per heavy atom. The van der Waals surface area contributed by atoms with Crippen LogP contribution in [0.5, 0.6) is 5.75 Å². The van der Waals surface area contributed by atoms with Crippen LogP contribution in [0.15, 0.2) is 59.6 Å². The van der Waals surface area contributed by atoms with Crippen LogP contribution in [0.4, 0.5) is 0 Å². The highest BCUT2D eigenvalue weighted by molar-refractivity contribution is 8.26. The number of carboxylic acids is 1. The van der Waals surface area contributed by atoms with Gasteiger partial charge in [-0.1, -0.05) is 55.5 Å². The first-order valence-electron chi connectivity index (χ1n) is 12.7. The number of carbonyl (C=O) groups is 2. The maximum atomic E-state index is 13.2. The third-order valence-corrected chi connectivity index (χ3v) is 7.48. The van der Waals surface area contributed by atoms with E-state index in [1.807, 2.05) is 66.3 Å². The molecule has 7 nitrogen and oxygen atoms in total. The van der Waals surface area contributed by atoms with E-state index in [0.29, 0.717) is 35.2 Å². The number of carbonyl (C=O) groups excluding carboxylic acids is 1. The maximum Gasteiger partial charge on any atom is 0.303 e. The summed E-state index contributed by atoms with van der Waals surface area (Å²) in [4.78, 5) is 26.1. The zero-order valence-corrected chi connectivity index (χ0v) is 23.2. The monoisotopic (exact) mass is 549 g/mol. The number of aryl methyl sites for hydroxylation is 1. The van der Waals surface area contributed by atoms with Crippen molar-refractivity contribution in [2.24, 2.45) is 0 Å². The SMILES string of the molecule is CCCOc1ccc(-c2nn(-c3ccccc3)cc2/C=C2/SC(=S)N(CCCCCC(=O)O)C2=O)cc1C. The summed E-state index contributed by atoms with van der Waals surface area (Å²) in [6.45, 7) is 5.24. The number of hydrogen-bond donors (Lipinski definition) is 1. The lowest BCUT2D eigenvalue weighted by Crippen LogP contribution is -2.29. The van der Waals surface area contributed by atoms with Crippen LogP contribution in [0.1, 0.15) is 50.2 Å². The second-order valence-corrected chi connectivity index (χ2v) is 10.8. The second-order valence-electron chi connectivity index (χ2n) is 9.08. The lowest BCUT2D eigenvalue weighted by Gasteiger charge is -2.13. The first kappa shape index (κ1) is 27.6. The standard InChI is InChI=1S/C29H31N3O4S2/c1-3-16-36-24-14-13-21(17-20(24)2)27-22(19-32(30-27)23-10-6-4-7-11-23)18-25-28(35)31(29(37)38-25)15-9-5-8-12-26(33)34/h4,6-7,10-11,13-14,17-19H,3,5,8-9,12,15-16H2,1-2H3,(H,33,34)/b25-18+. The zero-order chi connectivity index (χ0) is 27.1. The molecule has 0 unspecified atom stereocenters. The van der Waals surface area contributed by atoms with Gasteiger partial charge < -0.3 is 9.84 Å². The number of aliphatic carboxylic acids is 1. The Labute approximate surface area is 232 Å². The molecule has 1 aliphatic heterocycles. The molecule has 1 aromatic heterocycles. The number of carboxylic acid groups (broad SMARTS) is 1. The molecule has 38 heavy (non-hydrogen) atoms. The van der Waals surface area contributed by atoms with Gasteiger partial charge in [-0.3, -0.25) is 14.5 Å². The smallest absolute Gasteiger partial charge is 0.303 e. The fourth-order valence-corrected chi connectivity index (χ4v) is 5.46. The van der Waals surface area contributed by atoms with Crippen molar-refractivity contribution in [1.82, 2.24) is 14.7 Å². The van der Waals surface area contributed by atoms with Gasteiger partial charge in [0.1, 0.15) is 15.8 Å². The molecular formula is C29H31N3O4S2. The van der Waals surface area contributed by atoms with Gasteiger partial charge in [0.2, 0.25) is 0 Å². The predicted octanol–water partition coefficient (Wildman–Crippen LogP) is 6.48. The van der Waals surface area contributed by atoms with E-state index in [1.54, 1.807) is 4.90 Å². The fourth-order valence-electron chi connectivity index (χ4n) is 4.16. The Balaban J connectivity index is 1.62. The number of nitrogens with zero attached hydrogens (tertiary/aromatic N) is 3. The van der Waals surface area contributed by atoms with Gasteiger partial charge in [0.25, 0.3) is 5.91 Å². The van der Waals surface area contributed by atoms with E-state index in [9.17, 15) is 9.59 Å². The first-order chi connectivity index (χ1) is 18.4. The number of hydrogen-bond acceptors (Lipinski definition) is 6. The Bertz CT molecular complexity index is 1350. The minimum absolute atomic E-state index is 0.129. The number of aromatic nitrogens is 2. The Hall–Kier alpha value is -3.43. The van der Waals surface area contributed by atoms with Gasteiger partial charge in [0.05, 0.1) is 17.2 Å². The van der Waals surface area contributed by atoms with Crippen LogP contribution in [-0.2, 0) is 9.59 Å². The van der Waals surface area contributed by atoms with Crippen molar-refractivity contribution in [1.29, 1.82) is 0 Å². The Morgan fingerprint density at radius 3 is 2.66 bits per heavy atom. The van der Waals surface area contributed by atoms with E-state index in [2.05, 4.69) is 13.0 Å². The Kier molecular flexibility index (Phi) is 9.36. The molecule has 0 spiro atoms. The van der Waals surface area contributed by atoms with Crippen LogP contribution in [0.3, 0.4) is 0 Å². The summed E-state index contributed by atoms with van der Waals surface area (Å²) in [5.74, 6) is -0.0799. The number of benzene rings is 2. The van der Waals surface area contributed by atoms with Crippen LogP contribution in [0, 0.1) is 6.92 Å². The van der Waals surface area contributed by atoms with Crippen molar-refractivity contribution in [2.75, 3.05) is 13.2 Å². The summed E-state index contributed by atoms with van der Waals surface area (Å²) in [7, 11) is 0. The first-order valence-corrected chi connectivity index (χ1v) is 14.0. The number of unbranched alkanes of at least 4 members (excludes halogenated alkanes) is 2. The van der Waals surface area contributed by atoms with Crippen molar-refractivity contribution >= 4 is 46.3 Å². The molecule has 4 rings (SSSR count). The number of amides is 1. The summed E-state index contributed by atoms with van der Waals surface area (Å²) < 4.78 is 8.19. The molecule has 1 saturated heterocycles.